The van der Waals surface area contributed by atoms with Crippen LogP contribution < -0.4 is 0 Å². The lowest BCUT2D eigenvalue weighted by atomic mass is 10.1. The van der Waals surface area contributed by atoms with Crippen LogP contribution in [-0.4, -0.2) is 69.7 Å². The quantitative estimate of drug-likeness (QED) is 0.287. The van der Waals surface area contributed by atoms with Crippen LogP contribution >= 0.6 is 0 Å². The molecule has 12 heteroatoms. The maximum absolute atomic E-state index is 12.9. The highest BCUT2D eigenvalue weighted by atomic mass is 16.6. The van der Waals surface area contributed by atoms with Crippen molar-refractivity contribution in [3.05, 3.63) is 46.5 Å². The fourth-order valence-electron chi connectivity index (χ4n) is 3.26. The molecule has 2 atom stereocenters. The fraction of sp³-hybridized carbons (Fsp3) is 0.333. The van der Waals surface area contributed by atoms with Gasteiger partial charge in [0, 0.05) is 26.0 Å². The fourth-order valence-corrected chi connectivity index (χ4v) is 3.26. The summed E-state index contributed by atoms with van der Waals surface area (Å²) in [5, 5.41) is 39.4. The summed E-state index contributed by atoms with van der Waals surface area (Å²) in [6, 6.07) is 4.23. The zero-order valence-corrected chi connectivity index (χ0v) is 19.9. The van der Waals surface area contributed by atoms with Crippen LogP contribution in [0.15, 0.2) is 24.3 Å². The minimum absolute atomic E-state index is 0.155. The molecule has 0 aliphatic rings. The van der Waals surface area contributed by atoms with Crippen molar-refractivity contribution in [3.63, 3.8) is 0 Å². The first-order valence-corrected chi connectivity index (χ1v) is 10.5. The number of aromatic hydroxyl groups is 4. The van der Waals surface area contributed by atoms with E-state index in [-0.39, 0.29) is 33.8 Å². The van der Waals surface area contributed by atoms with Crippen LogP contribution in [0, 0.1) is 13.8 Å². The first-order chi connectivity index (χ1) is 16.8. The molecule has 0 fully saturated rings. The molecule has 0 bridgehead atoms. The maximum atomic E-state index is 12.9. The predicted molar refractivity (Wildman–Crippen MR) is 121 cm³/mol. The Balaban J connectivity index is 2.42. The molecule has 2 aromatic rings. The van der Waals surface area contributed by atoms with E-state index in [1.807, 2.05) is 0 Å². The van der Waals surface area contributed by atoms with E-state index in [0.29, 0.717) is 0 Å². The third-order valence-corrected chi connectivity index (χ3v) is 4.84. The number of hydrogen-bond acceptors (Lipinski definition) is 12. The predicted octanol–water partition coefficient (Wildman–Crippen LogP) is 2.00. The molecule has 0 aromatic heterocycles. The molecule has 0 saturated heterocycles. The molecular weight excluding hydrogens is 480 g/mol. The van der Waals surface area contributed by atoms with E-state index in [9.17, 15) is 39.6 Å². The standard InChI is InChI=1S/C24H26O12/c1-11-5-15(27)7-17(29)21(11)23(31)35-19(9-33-13(3)25)20(10-34-14(4)26)36-24(32)22-12(2)6-16(28)8-18(22)30/h5-8,19-20,27-30H,9-10H2,1-4H3/t19-,20-/m1/s1. The van der Waals surface area contributed by atoms with Crippen molar-refractivity contribution in [2.24, 2.45) is 0 Å². The number of carbonyl (C=O) groups is 4. The van der Waals surface area contributed by atoms with Gasteiger partial charge in [0.1, 0.15) is 47.3 Å². The molecule has 0 unspecified atom stereocenters. The Morgan fingerprint density at radius 3 is 1.28 bits per heavy atom. The molecule has 0 aliphatic heterocycles. The van der Waals surface area contributed by atoms with E-state index in [2.05, 4.69) is 0 Å². The number of phenolic OH excluding ortho intramolecular Hbond substituents is 4. The summed E-state index contributed by atoms with van der Waals surface area (Å²) in [7, 11) is 0. The molecule has 2 aromatic carbocycles. The number of ether oxygens (including phenoxy) is 4. The van der Waals surface area contributed by atoms with Crippen LogP contribution in [-0.2, 0) is 28.5 Å². The monoisotopic (exact) mass is 506 g/mol. The van der Waals surface area contributed by atoms with Crippen molar-refractivity contribution >= 4 is 23.9 Å². The molecule has 2 rings (SSSR count). The smallest absolute Gasteiger partial charge is 0.342 e. The van der Waals surface area contributed by atoms with Gasteiger partial charge in [0.2, 0.25) is 0 Å². The molecule has 0 heterocycles. The van der Waals surface area contributed by atoms with Gasteiger partial charge in [-0.3, -0.25) is 9.59 Å². The largest absolute Gasteiger partial charge is 0.508 e. The van der Waals surface area contributed by atoms with Crippen LogP contribution in [0.4, 0.5) is 0 Å². The van der Waals surface area contributed by atoms with Gasteiger partial charge in [-0.1, -0.05) is 0 Å². The van der Waals surface area contributed by atoms with Crippen molar-refractivity contribution in [1.82, 2.24) is 0 Å². The van der Waals surface area contributed by atoms with E-state index < -0.39 is 60.8 Å². The Hall–Kier alpha value is -4.48. The van der Waals surface area contributed by atoms with Crippen LogP contribution in [0.3, 0.4) is 0 Å². The van der Waals surface area contributed by atoms with Gasteiger partial charge in [-0.15, -0.1) is 0 Å². The lowest BCUT2D eigenvalue weighted by Crippen LogP contribution is -2.42. The number of aryl methyl sites for hydroxylation is 2. The van der Waals surface area contributed by atoms with Crippen molar-refractivity contribution in [1.29, 1.82) is 0 Å². The van der Waals surface area contributed by atoms with Crippen molar-refractivity contribution in [2.45, 2.75) is 39.9 Å². The number of benzene rings is 2. The lowest BCUT2D eigenvalue weighted by Gasteiger charge is -2.27. The molecule has 0 spiro atoms. The Bertz CT molecular complexity index is 1030. The normalized spacial score (nSPS) is 12.2. The minimum atomic E-state index is -1.53. The van der Waals surface area contributed by atoms with Crippen molar-refractivity contribution in [2.75, 3.05) is 13.2 Å². The average molecular weight is 506 g/mol. The number of hydrogen-bond donors (Lipinski definition) is 4. The van der Waals surface area contributed by atoms with Gasteiger partial charge in [-0.25, -0.2) is 9.59 Å². The zero-order chi connectivity index (χ0) is 27.2. The van der Waals surface area contributed by atoms with Gasteiger partial charge >= 0.3 is 23.9 Å². The van der Waals surface area contributed by atoms with Crippen LogP contribution in [0.5, 0.6) is 23.0 Å². The van der Waals surface area contributed by atoms with Gasteiger partial charge in [-0.05, 0) is 37.1 Å². The van der Waals surface area contributed by atoms with Gasteiger partial charge in [0.15, 0.2) is 12.2 Å². The summed E-state index contributed by atoms with van der Waals surface area (Å²) in [4.78, 5) is 48.6. The third kappa shape index (κ3) is 7.26. The molecule has 0 aliphatic carbocycles. The van der Waals surface area contributed by atoms with E-state index in [1.54, 1.807) is 0 Å². The van der Waals surface area contributed by atoms with E-state index in [0.717, 1.165) is 26.0 Å². The number of carbonyl (C=O) groups excluding carboxylic acids is 4. The Labute approximate surface area is 205 Å². The average Bonchev–Trinajstić information content (AvgIpc) is 2.72. The summed E-state index contributed by atoms with van der Waals surface area (Å²) in [6.07, 6.45) is -3.06. The second kappa shape index (κ2) is 11.8. The Morgan fingerprint density at radius 2 is 1.00 bits per heavy atom. The molecule has 12 nitrogen and oxygen atoms in total. The van der Waals surface area contributed by atoms with Gasteiger partial charge < -0.3 is 39.4 Å². The van der Waals surface area contributed by atoms with E-state index in [1.165, 1.54) is 26.0 Å². The highest BCUT2D eigenvalue weighted by molar-refractivity contribution is 5.95. The highest BCUT2D eigenvalue weighted by Crippen LogP contribution is 2.30. The molecule has 36 heavy (non-hydrogen) atoms. The summed E-state index contributed by atoms with van der Waals surface area (Å²) in [5.41, 5.74) is -0.320. The zero-order valence-electron chi connectivity index (χ0n) is 19.9. The Morgan fingerprint density at radius 1 is 0.667 bits per heavy atom. The Kier molecular flexibility index (Phi) is 9.08. The lowest BCUT2D eigenvalue weighted by molar-refractivity contribution is -0.154. The second-order valence-electron chi connectivity index (χ2n) is 7.81. The van der Waals surface area contributed by atoms with Crippen LogP contribution in [0.1, 0.15) is 45.7 Å². The molecule has 4 N–H and O–H groups in total. The number of rotatable bonds is 9. The molecule has 0 radical (unpaired) electrons. The first-order valence-electron chi connectivity index (χ1n) is 10.5. The highest BCUT2D eigenvalue weighted by Gasteiger charge is 2.34. The molecular formula is C24H26O12. The van der Waals surface area contributed by atoms with Crippen molar-refractivity contribution in [3.8, 4) is 23.0 Å². The van der Waals surface area contributed by atoms with Crippen LogP contribution in [0.2, 0.25) is 0 Å². The van der Waals surface area contributed by atoms with E-state index >= 15 is 0 Å². The summed E-state index contributed by atoms with van der Waals surface area (Å²) >= 11 is 0. The second-order valence-corrected chi connectivity index (χ2v) is 7.81. The van der Waals surface area contributed by atoms with Crippen LogP contribution in [0.25, 0.3) is 0 Å². The summed E-state index contributed by atoms with van der Waals surface area (Å²) in [5.74, 6) is -5.55. The topological polar surface area (TPSA) is 186 Å². The van der Waals surface area contributed by atoms with Crippen molar-refractivity contribution < 1.29 is 58.6 Å². The molecule has 0 saturated carbocycles. The third-order valence-electron chi connectivity index (χ3n) is 4.84. The summed E-state index contributed by atoms with van der Waals surface area (Å²) in [6.45, 7) is 3.75. The maximum Gasteiger partial charge on any atom is 0.342 e. The summed E-state index contributed by atoms with van der Waals surface area (Å²) < 4.78 is 20.6. The molecule has 0 amide bonds. The minimum Gasteiger partial charge on any atom is -0.508 e. The SMILES string of the molecule is CC(=O)OC[C@@H](OC(=O)c1c(C)cc(O)cc1O)[C@@H](COC(C)=O)OC(=O)c1c(C)cc(O)cc1O. The van der Waals surface area contributed by atoms with Gasteiger partial charge in [0.05, 0.1) is 0 Å². The van der Waals surface area contributed by atoms with Gasteiger partial charge in [0.25, 0.3) is 0 Å². The van der Waals surface area contributed by atoms with E-state index in [4.69, 9.17) is 18.9 Å². The van der Waals surface area contributed by atoms with Gasteiger partial charge in [-0.2, -0.15) is 0 Å². The first kappa shape index (κ1) is 27.8. The number of esters is 4. The number of phenols is 4. The molecule has 194 valence electrons.